The summed E-state index contributed by atoms with van der Waals surface area (Å²) in [5, 5.41) is 0. The number of carbonyl (C=O) groups excluding carboxylic acids is 1. The summed E-state index contributed by atoms with van der Waals surface area (Å²) in [4.78, 5) is 14.8. The molecule has 2 N–H and O–H groups in total. The highest BCUT2D eigenvalue weighted by Crippen LogP contribution is 2.36. The highest BCUT2D eigenvalue weighted by Gasteiger charge is 2.39. The Labute approximate surface area is 134 Å². The van der Waals surface area contributed by atoms with E-state index in [0.29, 0.717) is 17.9 Å². The first-order valence-corrected chi connectivity index (χ1v) is 8.44. The molecule has 4 heteroatoms. The summed E-state index contributed by atoms with van der Waals surface area (Å²) in [5.74, 6) is 1.48. The molecule has 1 aliphatic carbocycles. The molecule has 1 unspecified atom stereocenters. The van der Waals surface area contributed by atoms with Gasteiger partial charge in [-0.1, -0.05) is 12.1 Å². The maximum Gasteiger partial charge on any atom is 0.254 e. The predicted molar refractivity (Wildman–Crippen MR) is 88.6 cm³/mol. The number of benzene rings is 1. The SMILES string of the molecule is Cc1cccc(C(=O)N2C[C@H]3CCC(N)C[C@H]3C2)c1I. The van der Waals surface area contributed by atoms with Gasteiger partial charge in [-0.15, -0.1) is 0 Å². The van der Waals surface area contributed by atoms with Crippen molar-refractivity contribution < 1.29 is 4.79 Å². The van der Waals surface area contributed by atoms with Gasteiger partial charge in [0, 0.05) is 22.7 Å². The van der Waals surface area contributed by atoms with Gasteiger partial charge in [0.25, 0.3) is 5.91 Å². The molecule has 1 saturated heterocycles. The minimum absolute atomic E-state index is 0.195. The molecule has 1 saturated carbocycles. The maximum absolute atomic E-state index is 12.7. The van der Waals surface area contributed by atoms with Gasteiger partial charge >= 0.3 is 0 Å². The van der Waals surface area contributed by atoms with E-state index in [4.69, 9.17) is 5.73 Å². The topological polar surface area (TPSA) is 46.3 Å². The van der Waals surface area contributed by atoms with Crippen molar-refractivity contribution in [1.29, 1.82) is 0 Å². The fourth-order valence-corrected chi connectivity index (χ4v) is 4.21. The Morgan fingerprint density at radius 1 is 1.30 bits per heavy atom. The summed E-state index contributed by atoms with van der Waals surface area (Å²) in [6, 6.07) is 6.32. The summed E-state index contributed by atoms with van der Waals surface area (Å²) >= 11 is 2.28. The summed E-state index contributed by atoms with van der Waals surface area (Å²) in [6.45, 7) is 3.86. The van der Waals surface area contributed by atoms with Crippen LogP contribution in [0.2, 0.25) is 0 Å². The highest BCUT2D eigenvalue weighted by molar-refractivity contribution is 14.1. The van der Waals surface area contributed by atoms with Crippen molar-refractivity contribution in [3.05, 3.63) is 32.9 Å². The van der Waals surface area contributed by atoms with Crippen LogP contribution in [0.25, 0.3) is 0 Å². The highest BCUT2D eigenvalue weighted by atomic mass is 127. The van der Waals surface area contributed by atoms with Gasteiger partial charge in [-0.25, -0.2) is 0 Å². The Balaban J connectivity index is 1.77. The zero-order valence-corrected chi connectivity index (χ0v) is 14.0. The fourth-order valence-electron chi connectivity index (χ4n) is 3.62. The van der Waals surface area contributed by atoms with Crippen molar-refractivity contribution >= 4 is 28.5 Å². The second-order valence-corrected chi connectivity index (χ2v) is 7.32. The number of hydrogen-bond donors (Lipinski definition) is 1. The summed E-state index contributed by atoms with van der Waals surface area (Å²) < 4.78 is 1.08. The minimum Gasteiger partial charge on any atom is -0.338 e. The number of hydrogen-bond acceptors (Lipinski definition) is 2. The molecular weight excluding hydrogens is 363 g/mol. The van der Waals surface area contributed by atoms with Crippen LogP contribution in [0.15, 0.2) is 18.2 Å². The van der Waals surface area contributed by atoms with E-state index in [-0.39, 0.29) is 5.91 Å². The van der Waals surface area contributed by atoms with Gasteiger partial charge in [0.1, 0.15) is 0 Å². The lowest BCUT2D eigenvalue weighted by Gasteiger charge is -2.27. The Hall–Kier alpha value is -0.620. The number of halogens is 1. The van der Waals surface area contributed by atoms with E-state index in [1.54, 1.807) is 0 Å². The van der Waals surface area contributed by atoms with Crippen molar-refractivity contribution in [2.45, 2.75) is 32.2 Å². The molecule has 1 aromatic carbocycles. The van der Waals surface area contributed by atoms with E-state index in [0.717, 1.165) is 35.1 Å². The number of carbonyl (C=O) groups is 1. The molecule has 20 heavy (non-hydrogen) atoms. The summed E-state index contributed by atoms with van der Waals surface area (Å²) in [5.41, 5.74) is 8.09. The summed E-state index contributed by atoms with van der Waals surface area (Å²) in [6.07, 6.45) is 3.38. The van der Waals surface area contributed by atoms with Gasteiger partial charge in [-0.2, -0.15) is 0 Å². The second-order valence-electron chi connectivity index (χ2n) is 6.24. The average molecular weight is 384 g/mol. The van der Waals surface area contributed by atoms with E-state index >= 15 is 0 Å². The lowest BCUT2D eigenvalue weighted by Crippen LogP contribution is -2.32. The number of aryl methyl sites for hydroxylation is 1. The van der Waals surface area contributed by atoms with E-state index < -0.39 is 0 Å². The lowest BCUT2D eigenvalue weighted by atomic mass is 9.79. The van der Waals surface area contributed by atoms with Crippen molar-refractivity contribution in [1.82, 2.24) is 4.90 Å². The molecule has 1 amide bonds. The van der Waals surface area contributed by atoms with E-state index in [2.05, 4.69) is 35.6 Å². The monoisotopic (exact) mass is 384 g/mol. The van der Waals surface area contributed by atoms with Crippen molar-refractivity contribution in [2.24, 2.45) is 17.6 Å². The summed E-state index contributed by atoms with van der Waals surface area (Å²) in [7, 11) is 0. The van der Waals surface area contributed by atoms with Crippen LogP contribution >= 0.6 is 22.6 Å². The van der Waals surface area contributed by atoms with Gasteiger partial charge in [0.2, 0.25) is 0 Å². The van der Waals surface area contributed by atoms with Gasteiger partial charge < -0.3 is 10.6 Å². The van der Waals surface area contributed by atoms with Crippen molar-refractivity contribution in [3.8, 4) is 0 Å². The molecule has 1 aromatic rings. The van der Waals surface area contributed by atoms with Crippen LogP contribution < -0.4 is 5.73 Å². The third kappa shape index (κ3) is 2.60. The quantitative estimate of drug-likeness (QED) is 0.757. The Morgan fingerprint density at radius 3 is 2.85 bits per heavy atom. The van der Waals surface area contributed by atoms with E-state index in [9.17, 15) is 4.79 Å². The lowest BCUT2D eigenvalue weighted by molar-refractivity contribution is 0.0782. The van der Waals surface area contributed by atoms with E-state index in [1.165, 1.54) is 12.0 Å². The Morgan fingerprint density at radius 2 is 2.05 bits per heavy atom. The molecule has 0 spiro atoms. The first-order chi connectivity index (χ1) is 9.56. The first-order valence-electron chi connectivity index (χ1n) is 7.36. The Kier molecular flexibility index (Phi) is 4.04. The minimum atomic E-state index is 0.195. The normalized spacial score (nSPS) is 29.4. The van der Waals surface area contributed by atoms with Gasteiger partial charge in [-0.3, -0.25) is 4.79 Å². The number of nitrogens with two attached hydrogens (primary N) is 1. The van der Waals surface area contributed by atoms with Crippen LogP contribution in [0.1, 0.15) is 35.2 Å². The van der Waals surface area contributed by atoms with Crippen LogP contribution in [-0.2, 0) is 0 Å². The molecule has 1 heterocycles. The number of amides is 1. The van der Waals surface area contributed by atoms with Crippen LogP contribution in [-0.4, -0.2) is 29.9 Å². The number of fused-ring (bicyclic) bond motifs is 1. The van der Waals surface area contributed by atoms with Crippen molar-refractivity contribution in [3.63, 3.8) is 0 Å². The third-order valence-electron chi connectivity index (χ3n) is 4.80. The van der Waals surface area contributed by atoms with Crippen LogP contribution in [0.4, 0.5) is 0 Å². The molecular formula is C16H21IN2O. The standard InChI is InChI=1S/C16H21IN2O/c1-10-3-2-4-14(15(10)17)16(20)19-8-11-5-6-13(18)7-12(11)9-19/h2-4,11-13H,5-9,18H2,1H3/t11-,12+,13?/m1/s1. The van der Waals surface area contributed by atoms with E-state index in [1.807, 2.05) is 17.0 Å². The molecule has 3 atom stereocenters. The zero-order valence-electron chi connectivity index (χ0n) is 11.8. The van der Waals surface area contributed by atoms with Gasteiger partial charge in [0.15, 0.2) is 0 Å². The molecule has 3 nitrogen and oxygen atoms in total. The van der Waals surface area contributed by atoms with Crippen molar-refractivity contribution in [2.75, 3.05) is 13.1 Å². The van der Waals surface area contributed by atoms with Crippen LogP contribution in [0.3, 0.4) is 0 Å². The number of nitrogens with zero attached hydrogens (tertiary/aromatic N) is 1. The van der Waals surface area contributed by atoms with Crippen LogP contribution in [0, 0.1) is 22.3 Å². The van der Waals surface area contributed by atoms with Gasteiger partial charge in [-0.05, 0) is 72.2 Å². The number of likely N-dealkylation sites (tertiary alicyclic amines) is 1. The maximum atomic E-state index is 12.7. The fraction of sp³-hybridized carbons (Fsp3) is 0.562. The predicted octanol–water partition coefficient (Wildman–Crippen LogP) is 2.80. The molecule has 2 aliphatic rings. The average Bonchev–Trinajstić information content (AvgIpc) is 2.84. The largest absolute Gasteiger partial charge is 0.338 e. The third-order valence-corrected chi connectivity index (χ3v) is 6.23. The first kappa shape index (κ1) is 14.3. The molecule has 0 aromatic heterocycles. The zero-order chi connectivity index (χ0) is 14.3. The second kappa shape index (κ2) is 5.64. The molecule has 1 aliphatic heterocycles. The molecule has 3 rings (SSSR count). The Bertz CT molecular complexity index is 531. The molecule has 108 valence electrons. The smallest absolute Gasteiger partial charge is 0.254 e. The molecule has 2 fully saturated rings. The number of rotatable bonds is 1. The van der Waals surface area contributed by atoms with Gasteiger partial charge in [0.05, 0.1) is 5.56 Å². The van der Waals surface area contributed by atoms with Crippen LogP contribution in [0.5, 0.6) is 0 Å². The molecule has 0 bridgehead atoms. The molecule has 0 radical (unpaired) electrons.